The van der Waals surface area contributed by atoms with Gasteiger partial charge in [0.15, 0.2) is 5.13 Å². The van der Waals surface area contributed by atoms with Crippen LogP contribution in [0.25, 0.3) is 0 Å². The first-order valence-corrected chi connectivity index (χ1v) is 5.39. The van der Waals surface area contributed by atoms with E-state index in [4.69, 9.17) is 11.0 Å². The lowest BCUT2D eigenvalue weighted by Crippen LogP contribution is -2.28. The van der Waals surface area contributed by atoms with Crippen LogP contribution >= 0.6 is 11.3 Å². The zero-order valence-electron chi connectivity index (χ0n) is 8.21. The molecule has 1 aliphatic heterocycles. The molecule has 2 amide bonds. The Kier molecular flexibility index (Phi) is 2.58. The van der Waals surface area contributed by atoms with Crippen LogP contribution in [0.1, 0.15) is 11.3 Å². The number of primary amides is 1. The number of nitrogens with two attached hydrogens (primary N) is 1. The van der Waals surface area contributed by atoms with Gasteiger partial charge in [-0.05, 0) is 0 Å². The smallest absolute Gasteiger partial charge is 0.229 e. The number of thiazole rings is 1. The number of hydrogen-bond donors (Lipinski definition) is 1. The highest BCUT2D eigenvalue weighted by Gasteiger charge is 2.35. The number of rotatable bonds is 2. The number of nitriles is 1. The largest absolute Gasteiger partial charge is 0.369 e. The van der Waals surface area contributed by atoms with Gasteiger partial charge in [-0.25, -0.2) is 4.98 Å². The number of nitrogens with zero attached hydrogens (tertiary/aromatic N) is 3. The predicted molar refractivity (Wildman–Crippen MR) is 56.5 cm³/mol. The fourth-order valence-electron chi connectivity index (χ4n) is 1.52. The molecule has 2 N–H and O–H groups in total. The fourth-order valence-corrected chi connectivity index (χ4v) is 2.26. The SMILES string of the molecule is N#Cc1cnc(N2CC(C(N)=O)CC2=O)s1. The average Bonchev–Trinajstić information content (AvgIpc) is 2.83. The van der Waals surface area contributed by atoms with E-state index in [1.807, 2.05) is 6.07 Å². The number of amides is 2. The second-order valence-corrected chi connectivity index (χ2v) is 4.44. The first-order chi connectivity index (χ1) is 7.61. The summed E-state index contributed by atoms with van der Waals surface area (Å²) >= 11 is 1.13. The highest BCUT2D eigenvalue weighted by Crippen LogP contribution is 2.28. The third-order valence-electron chi connectivity index (χ3n) is 2.36. The molecule has 0 spiro atoms. The molecule has 2 heterocycles. The Morgan fingerprint density at radius 1 is 1.75 bits per heavy atom. The van der Waals surface area contributed by atoms with Crippen molar-refractivity contribution in [3.05, 3.63) is 11.1 Å². The third kappa shape index (κ3) is 1.75. The lowest BCUT2D eigenvalue weighted by atomic mass is 10.1. The first-order valence-electron chi connectivity index (χ1n) is 4.57. The van der Waals surface area contributed by atoms with Crippen molar-refractivity contribution in [1.29, 1.82) is 5.26 Å². The molecule has 1 saturated heterocycles. The Hall–Kier alpha value is -1.94. The minimum atomic E-state index is -0.479. The van der Waals surface area contributed by atoms with Crippen LogP contribution in [0.4, 0.5) is 5.13 Å². The highest BCUT2D eigenvalue weighted by atomic mass is 32.1. The molecule has 0 aliphatic carbocycles. The van der Waals surface area contributed by atoms with Crippen molar-refractivity contribution in [2.45, 2.75) is 6.42 Å². The zero-order chi connectivity index (χ0) is 11.7. The summed E-state index contributed by atoms with van der Waals surface area (Å²) in [4.78, 5) is 28.3. The quantitative estimate of drug-likeness (QED) is 0.771. The Labute approximate surface area is 95.3 Å². The van der Waals surface area contributed by atoms with E-state index in [-0.39, 0.29) is 18.9 Å². The van der Waals surface area contributed by atoms with Crippen molar-refractivity contribution >= 4 is 28.3 Å². The van der Waals surface area contributed by atoms with E-state index in [1.165, 1.54) is 11.1 Å². The van der Waals surface area contributed by atoms with Crippen LogP contribution in [0, 0.1) is 17.2 Å². The lowest BCUT2D eigenvalue weighted by Gasteiger charge is -2.11. The fraction of sp³-hybridized carbons (Fsp3) is 0.333. The van der Waals surface area contributed by atoms with E-state index in [1.54, 1.807) is 0 Å². The van der Waals surface area contributed by atoms with Gasteiger partial charge in [0.2, 0.25) is 11.8 Å². The lowest BCUT2D eigenvalue weighted by molar-refractivity contribution is -0.123. The summed E-state index contributed by atoms with van der Waals surface area (Å²) in [5.41, 5.74) is 5.14. The minimum absolute atomic E-state index is 0.122. The van der Waals surface area contributed by atoms with Gasteiger partial charge in [0.05, 0.1) is 12.1 Å². The molecule has 0 bridgehead atoms. The summed E-state index contributed by atoms with van der Waals surface area (Å²) in [5, 5.41) is 9.09. The Bertz CT molecular complexity index is 490. The van der Waals surface area contributed by atoms with Crippen molar-refractivity contribution in [3.8, 4) is 6.07 Å². The van der Waals surface area contributed by atoms with Gasteiger partial charge in [-0.1, -0.05) is 11.3 Å². The predicted octanol–water partition coefficient (Wildman–Crippen LogP) is -0.147. The van der Waals surface area contributed by atoms with E-state index < -0.39 is 11.8 Å². The van der Waals surface area contributed by atoms with Gasteiger partial charge >= 0.3 is 0 Å². The molecule has 82 valence electrons. The van der Waals surface area contributed by atoms with Crippen molar-refractivity contribution in [1.82, 2.24) is 4.98 Å². The number of aromatic nitrogens is 1. The van der Waals surface area contributed by atoms with Crippen LogP contribution in [-0.4, -0.2) is 23.3 Å². The van der Waals surface area contributed by atoms with Crippen molar-refractivity contribution < 1.29 is 9.59 Å². The number of carbonyl (C=O) groups excluding carboxylic acids is 2. The third-order valence-corrected chi connectivity index (χ3v) is 3.29. The van der Waals surface area contributed by atoms with Crippen molar-refractivity contribution in [3.63, 3.8) is 0 Å². The number of hydrogen-bond acceptors (Lipinski definition) is 5. The first kappa shape index (κ1) is 10.6. The Morgan fingerprint density at radius 3 is 3.00 bits per heavy atom. The normalized spacial score (nSPS) is 19.8. The van der Waals surface area contributed by atoms with E-state index in [0.29, 0.717) is 10.0 Å². The molecule has 0 aromatic carbocycles. The maximum Gasteiger partial charge on any atom is 0.229 e. The summed E-state index contributed by atoms with van der Waals surface area (Å²) in [6.07, 6.45) is 1.53. The highest BCUT2D eigenvalue weighted by molar-refractivity contribution is 7.16. The summed E-state index contributed by atoms with van der Waals surface area (Å²) in [6, 6.07) is 1.95. The number of carbonyl (C=O) groups is 2. The average molecular weight is 236 g/mol. The molecule has 0 radical (unpaired) electrons. The van der Waals surface area contributed by atoms with Crippen LogP contribution in [0.15, 0.2) is 6.20 Å². The monoisotopic (exact) mass is 236 g/mol. The molecule has 0 saturated carbocycles. The van der Waals surface area contributed by atoms with Gasteiger partial charge in [0, 0.05) is 13.0 Å². The maximum atomic E-state index is 11.6. The molecular weight excluding hydrogens is 228 g/mol. The van der Waals surface area contributed by atoms with E-state index in [0.717, 1.165) is 11.3 Å². The number of anilines is 1. The van der Waals surface area contributed by atoms with Crippen LogP contribution in [0.3, 0.4) is 0 Å². The van der Waals surface area contributed by atoms with E-state index in [2.05, 4.69) is 4.98 Å². The minimum Gasteiger partial charge on any atom is -0.369 e. The van der Waals surface area contributed by atoms with Crippen molar-refractivity contribution in [2.24, 2.45) is 11.7 Å². The molecule has 1 unspecified atom stereocenters. The topological polar surface area (TPSA) is 100 Å². The van der Waals surface area contributed by atoms with Gasteiger partial charge < -0.3 is 5.73 Å². The molecule has 6 nitrogen and oxygen atoms in total. The molecule has 1 aliphatic rings. The molecule has 16 heavy (non-hydrogen) atoms. The molecule has 2 rings (SSSR count). The Balaban J connectivity index is 2.20. The van der Waals surface area contributed by atoms with E-state index >= 15 is 0 Å². The van der Waals surface area contributed by atoms with Gasteiger partial charge in [-0.2, -0.15) is 5.26 Å². The maximum absolute atomic E-state index is 11.6. The van der Waals surface area contributed by atoms with Crippen LogP contribution < -0.4 is 10.6 Å². The standard InChI is InChI=1S/C9H8N4O2S/c10-2-6-3-12-9(16-6)13-4-5(8(11)15)1-7(13)14/h3,5H,1,4H2,(H2,11,15). The second kappa shape index (κ2) is 3.90. The Morgan fingerprint density at radius 2 is 2.50 bits per heavy atom. The molecule has 1 aromatic heterocycles. The van der Waals surface area contributed by atoms with Crippen LogP contribution in [-0.2, 0) is 9.59 Å². The van der Waals surface area contributed by atoms with Gasteiger partial charge in [-0.15, -0.1) is 0 Å². The summed E-state index contributed by atoms with van der Waals surface area (Å²) in [5.74, 6) is -1.11. The van der Waals surface area contributed by atoms with Crippen LogP contribution in [0.5, 0.6) is 0 Å². The van der Waals surface area contributed by atoms with Gasteiger partial charge in [-0.3, -0.25) is 14.5 Å². The van der Waals surface area contributed by atoms with Crippen molar-refractivity contribution in [2.75, 3.05) is 11.4 Å². The molecule has 1 fully saturated rings. The summed E-state index contributed by atoms with van der Waals surface area (Å²) in [7, 11) is 0. The van der Waals surface area contributed by atoms with Gasteiger partial charge in [0.1, 0.15) is 10.9 Å². The molecular formula is C9H8N4O2S. The summed E-state index contributed by atoms with van der Waals surface area (Å²) in [6.45, 7) is 0.256. The second-order valence-electron chi connectivity index (χ2n) is 3.43. The molecule has 7 heteroatoms. The van der Waals surface area contributed by atoms with Crippen LogP contribution in [0.2, 0.25) is 0 Å². The molecule has 1 atom stereocenters. The zero-order valence-corrected chi connectivity index (χ0v) is 9.03. The summed E-state index contributed by atoms with van der Waals surface area (Å²) < 4.78 is 0. The van der Waals surface area contributed by atoms with E-state index in [9.17, 15) is 9.59 Å². The molecule has 1 aromatic rings. The van der Waals surface area contributed by atoms with Gasteiger partial charge in [0.25, 0.3) is 0 Å².